The van der Waals surface area contributed by atoms with Gasteiger partial charge in [-0.05, 0) is 87.2 Å². The number of amides is 1. The Kier molecular flexibility index (Phi) is 2.94. The molecule has 0 spiro atoms. The van der Waals surface area contributed by atoms with Crippen LogP contribution in [0.1, 0.15) is 72.6 Å². The van der Waals surface area contributed by atoms with Crippen LogP contribution in [0.4, 0.5) is 4.39 Å². The number of hydrogen-bond donors (Lipinski definition) is 1. The molecule has 4 aliphatic rings. The minimum Gasteiger partial charge on any atom is -0.346 e. The fourth-order valence-corrected chi connectivity index (χ4v) is 6.09. The van der Waals surface area contributed by atoms with E-state index in [1.54, 1.807) is 0 Å². The number of carbonyl (C=O) groups excluding carboxylic acids is 1. The smallest absolute Gasteiger partial charge is 0.265 e. The maximum absolute atomic E-state index is 14.1. The summed E-state index contributed by atoms with van der Waals surface area (Å²) in [6.45, 7) is -7.93. The van der Waals surface area contributed by atoms with Crippen molar-refractivity contribution in [1.29, 1.82) is 0 Å². The van der Waals surface area contributed by atoms with Gasteiger partial charge >= 0.3 is 0 Å². The van der Waals surface area contributed by atoms with Crippen molar-refractivity contribution in [2.45, 2.75) is 63.3 Å². The lowest BCUT2D eigenvalue weighted by Crippen LogP contribution is -2.60. The topological polar surface area (TPSA) is 64.0 Å². The number of rotatable bonds is 6. The molecule has 4 fully saturated rings. The SMILES string of the molecule is [2H]C([2H])([18F])C([2H])([2H])C([2H])([2H])C([2H])([2H])n1c(=O)c(C(=O)NC23CC4CC(CC(C4)C2)C3)cc2cccnc21. The van der Waals surface area contributed by atoms with E-state index in [0.29, 0.717) is 17.8 Å². The first kappa shape index (κ1) is 11.8. The average molecular weight is 405 g/mol. The van der Waals surface area contributed by atoms with Gasteiger partial charge in [0.1, 0.15) is 11.2 Å². The molecule has 5 nitrogen and oxygen atoms in total. The van der Waals surface area contributed by atoms with Crippen molar-refractivity contribution in [2.24, 2.45) is 17.8 Å². The van der Waals surface area contributed by atoms with Gasteiger partial charge in [-0.15, -0.1) is 0 Å². The molecule has 0 saturated heterocycles. The Labute approximate surface area is 180 Å². The van der Waals surface area contributed by atoms with Crippen LogP contribution in [0.15, 0.2) is 29.2 Å². The number of alkyl halides is 1. The van der Waals surface area contributed by atoms with Crippen molar-refractivity contribution in [3.05, 3.63) is 40.3 Å². The van der Waals surface area contributed by atoms with Gasteiger partial charge in [0.25, 0.3) is 11.5 Å². The van der Waals surface area contributed by atoms with Crippen LogP contribution >= 0.6 is 0 Å². The Morgan fingerprint density at radius 2 is 1.93 bits per heavy atom. The second kappa shape index (κ2) is 7.22. The molecule has 6 rings (SSSR count). The summed E-state index contributed by atoms with van der Waals surface area (Å²) in [4.78, 5) is 31.1. The Hall–Kier alpha value is -2.24. The van der Waals surface area contributed by atoms with Crippen molar-refractivity contribution in [3.8, 4) is 0 Å². The lowest BCUT2D eigenvalue weighted by Gasteiger charge is -2.56. The quantitative estimate of drug-likeness (QED) is 0.795. The molecule has 2 heterocycles. The first-order chi connectivity index (χ1) is 17.0. The molecule has 0 atom stereocenters. The zero-order valence-electron chi connectivity index (χ0n) is 23.9. The molecule has 4 aliphatic carbocycles. The van der Waals surface area contributed by atoms with Crippen LogP contribution in [-0.2, 0) is 6.50 Å². The van der Waals surface area contributed by atoms with Crippen LogP contribution in [0.2, 0.25) is 0 Å². The first-order valence-corrected chi connectivity index (χ1v) is 10.0. The van der Waals surface area contributed by atoms with E-state index in [4.69, 9.17) is 11.0 Å². The second-order valence-corrected chi connectivity index (χ2v) is 8.72. The van der Waals surface area contributed by atoms with Gasteiger partial charge in [0.05, 0.1) is 9.37 Å². The minimum absolute atomic E-state index is 0.112. The number of nitrogens with one attached hydrogen (secondary N) is 1. The Bertz CT molecular complexity index is 1290. The van der Waals surface area contributed by atoms with E-state index in [-0.39, 0.29) is 15.6 Å². The van der Waals surface area contributed by atoms with E-state index in [0.717, 1.165) is 38.5 Å². The zero-order chi connectivity index (χ0) is 27.2. The van der Waals surface area contributed by atoms with Gasteiger partial charge in [0.15, 0.2) is 0 Å². The number of fused-ring (bicyclic) bond motifs is 1. The van der Waals surface area contributed by atoms with Gasteiger partial charge in [-0.2, -0.15) is 0 Å². The van der Waals surface area contributed by atoms with Crippen molar-refractivity contribution < 1.29 is 20.2 Å². The Morgan fingerprint density at radius 1 is 1.24 bits per heavy atom. The largest absolute Gasteiger partial charge is 0.346 e. The molecule has 0 unspecified atom stereocenters. The molecule has 6 heteroatoms. The summed E-state index contributed by atoms with van der Waals surface area (Å²) in [5.41, 5.74) is -2.59. The summed E-state index contributed by atoms with van der Waals surface area (Å²) in [5.74, 6) is 0.765. The zero-order valence-corrected chi connectivity index (χ0v) is 15.9. The summed E-state index contributed by atoms with van der Waals surface area (Å²) < 4.78 is 77.4. The summed E-state index contributed by atoms with van der Waals surface area (Å²) in [6, 6.07) is 4.15. The molecule has 0 radical (unpaired) electrons. The molecule has 2 aromatic heterocycles. The molecule has 2 aromatic rings. The summed E-state index contributed by atoms with van der Waals surface area (Å²) in [7, 11) is 0. The summed E-state index contributed by atoms with van der Waals surface area (Å²) in [6.07, 6.45) is -0.935. The number of aryl methyl sites for hydroxylation is 1. The molecule has 1 N–H and O–H groups in total. The van der Waals surface area contributed by atoms with Gasteiger partial charge in [-0.25, -0.2) is 4.98 Å². The third-order valence-corrected chi connectivity index (χ3v) is 6.70. The first-order valence-electron chi connectivity index (χ1n) is 14.0. The standard InChI is InChI=1S/C23H28FN3O2/c24-5-1-2-7-27-20-18(4-3-6-25-20)11-19(22(27)29)21(28)26-23-12-15-8-16(13-23)10-17(9-15)14-23/h3-4,6,11,15-17H,1-2,5,7-10,12-14H2,(H,26,28)/i1D2,2D2,5D2,7D2,24-1. The maximum atomic E-state index is 14.1. The fraction of sp³-hybridized carbons (Fsp3) is 0.609. The van der Waals surface area contributed by atoms with Crippen LogP contribution < -0.4 is 10.9 Å². The highest BCUT2D eigenvalue weighted by Crippen LogP contribution is 2.55. The highest BCUT2D eigenvalue weighted by Gasteiger charge is 2.51. The average Bonchev–Trinajstić information content (AvgIpc) is 2.76. The minimum atomic E-state index is -4.29. The van der Waals surface area contributed by atoms with Crippen LogP contribution in [0.5, 0.6) is 0 Å². The predicted molar refractivity (Wildman–Crippen MR) is 110 cm³/mol. The van der Waals surface area contributed by atoms with E-state index in [1.807, 2.05) is 0 Å². The van der Waals surface area contributed by atoms with Crippen LogP contribution in [-0.4, -0.2) is 27.6 Å². The number of aromatic nitrogens is 2. The predicted octanol–water partition coefficient (Wildman–Crippen LogP) is 3.84. The molecular formula is C23H28FN3O2. The van der Waals surface area contributed by atoms with Crippen molar-refractivity contribution in [1.82, 2.24) is 14.9 Å². The molecule has 4 saturated carbocycles. The number of hydrogen-bond acceptors (Lipinski definition) is 3. The lowest BCUT2D eigenvalue weighted by molar-refractivity contribution is -0.0167. The van der Waals surface area contributed by atoms with Gasteiger partial charge < -0.3 is 5.32 Å². The fourth-order valence-electron chi connectivity index (χ4n) is 6.09. The highest BCUT2D eigenvalue weighted by molar-refractivity contribution is 5.97. The number of halogens is 1. The van der Waals surface area contributed by atoms with E-state index in [2.05, 4.69) is 10.3 Å². The van der Waals surface area contributed by atoms with Gasteiger partial charge in [-0.3, -0.25) is 18.5 Å². The van der Waals surface area contributed by atoms with E-state index in [1.165, 1.54) is 24.4 Å². The number of pyridine rings is 2. The summed E-state index contributed by atoms with van der Waals surface area (Å²) in [5, 5.41) is 3.15. The van der Waals surface area contributed by atoms with E-state index >= 15 is 0 Å². The molecule has 1 amide bonds. The van der Waals surface area contributed by atoms with Gasteiger partial charge in [-0.1, -0.05) is 0 Å². The van der Waals surface area contributed by atoms with Crippen LogP contribution in [0, 0.1) is 17.8 Å². The maximum Gasteiger partial charge on any atom is 0.265 e. The Morgan fingerprint density at radius 3 is 2.59 bits per heavy atom. The normalized spacial score (nSPS) is 36.1. The van der Waals surface area contributed by atoms with Gasteiger partial charge in [0.2, 0.25) is 0 Å². The molecule has 29 heavy (non-hydrogen) atoms. The van der Waals surface area contributed by atoms with Crippen LogP contribution in [0.3, 0.4) is 0 Å². The molecule has 154 valence electrons. The number of nitrogens with zero attached hydrogens (tertiary/aromatic N) is 2. The highest BCUT2D eigenvalue weighted by atomic mass is 18.2. The van der Waals surface area contributed by atoms with Gasteiger partial charge in [0, 0.05) is 31.8 Å². The van der Waals surface area contributed by atoms with E-state index in [9.17, 15) is 14.0 Å². The lowest BCUT2D eigenvalue weighted by atomic mass is 9.53. The molecule has 0 aliphatic heterocycles. The van der Waals surface area contributed by atoms with Crippen LogP contribution in [0.25, 0.3) is 11.0 Å². The van der Waals surface area contributed by atoms with E-state index < -0.39 is 48.4 Å². The monoisotopic (exact) mass is 404 g/mol. The second-order valence-electron chi connectivity index (χ2n) is 8.72. The van der Waals surface area contributed by atoms with Crippen molar-refractivity contribution in [2.75, 3.05) is 6.63 Å². The number of carbonyl (C=O) groups is 1. The summed E-state index contributed by atoms with van der Waals surface area (Å²) >= 11 is 0. The molecular weight excluding hydrogens is 368 g/mol. The van der Waals surface area contributed by atoms with Crippen molar-refractivity contribution >= 4 is 16.9 Å². The third kappa shape index (κ3) is 3.36. The molecule has 4 bridgehead atoms. The van der Waals surface area contributed by atoms with Crippen molar-refractivity contribution in [3.63, 3.8) is 0 Å². The Balaban J connectivity index is 1.61. The molecule has 0 aromatic carbocycles. The third-order valence-electron chi connectivity index (χ3n) is 6.70.